The molecule has 0 unspecified atom stereocenters. The minimum atomic E-state index is -0.286. The van der Waals surface area contributed by atoms with Crippen LogP contribution in [0.15, 0.2) is 0 Å². The molecular weight excluding hydrogens is 466 g/mol. The molecule has 12 heteroatoms. The van der Waals surface area contributed by atoms with Crippen molar-refractivity contribution < 1.29 is 52.2 Å². The Hall–Kier alpha value is -1.38. The van der Waals surface area contributed by atoms with Crippen LogP contribution in [0.3, 0.4) is 0 Å². The van der Waals surface area contributed by atoms with Gasteiger partial charge in [0.1, 0.15) is 0 Å². The molecule has 0 atom stereocenters. The van der Waals surface area contributed by atoms with E-state index in [2.05, 4.69) is 10.1 Å². The Bertz CT molecular complexity index is 429. The van der Waals surface area contributed by atoms with Gasteiger partial charge in [-0.05, 0) is 0 Å². The van der Waals surface area contributed by atoms with Gasteiger partial charge < -0.3 is 47.9 Å². The third-order valence-corrected chi connectivity index (χ3v) is 4.17. The first kappa shape index (κ1) is 33.6. The predicted molar refractivity (Wildman–Crippen MR) is 126 cm³/mol. The summed E-state index contributed by atoms with van der Waals surface area (Å²) in [5.41, 5.74) is 0. The quantitative estimate of drug-likeness (QED) is 0.114. The first-order valence-corrected chi connectivity index (χ1v) is 12.2. The SMILES string of the molecule is CCC(=O)NCCOCCOCCOCCOCCOCCOCCOCCOCCC(=O)OC. The van der Waals surface area contributed by atoms with Crippen LogP contribution in [0.1, 0.15) is 19.8 Å². The molecule has 0 aliphatic rings. The second-order valence-corrected chi connectivity index (χ2v) is 6.93. The lowest BCUT2D eigenvalue weighted by atomic mass is 10.4. The monoisotopic (exact) mass is 511 g/mol. The van der Waals surface area contributed by atoms with Gasteiger partial charge in [0.25, 0.3) is 0 Å². The Kier molecular flexibility index (Phi) is 27.7. The maximum absolute atomic E-state index is 11.0. The Morgan fingerprint density at radius 1 is 0.514 bits per heavy atom. The highest BCUT2D eigenvalue weighted by Crippen LogP contribution is 1.88. The second kappa shape index (κ2) is 28.9. The molecule has 0 aromatic rings. The molecule has 0 aromatic heterocycles. The van der Waals surface area contributed by atoms with Crippen molar-refractivity contribution >= 4 is 11.9 Å². The fraction of sp³-hybridized carbons (Fsp3) is 0.913. The van der Waals surface area contributed by atoms with Gasteiger partial charge in [-0.3, -0.25) is 9.59 Å². The average Bonchev–Trinajstić information content (AvgIpc) is 2.87. The molecule has 0 heterocycles. The van der Waals surface area contributed by atoms with Crippen LogP contribution in [0.4, 0.5) is 0 Å². The summed E-state index contributed by atoms with van der Waals surface area (Å²) in [6, 6.07) is 0. The third-order valence-electron chi connectivity index (χ3n) is 4.17. The van der Waals surface area contributed by atoms with Gasteiger partial charge in [0.15, 0.2) is 0 Å². The summed E-state index contributed by atoms with van der Waals surface area (Å²) in [4.78, 5) is 21.9. The van der Waals surface area contributed by atoms with Crippen molar-refractivity contribution in [2.24, 2.45) is 0 Å². The first-order chi connectivity index (χ1) is 17.2. The molecule has 0 fully saturated rings. The molecule has 0 aliphatic heterocycles. The summed E-state index contributed by atoms with van der Waals surface area (Å²) >= 11 is 0. The smallest absolute Gasteiger partial charge is 0.307 e. The van der Waals surface area contributed by atoms with E-state index < -0.39 is 0 Å². The number of rotatable bonds is 28. The molecular formula is C23H45NO11. The van der Waals surface area contributed by atoms with Crippen LogP contribution in [-0.2, 0) is 52.2 Å². The molecule has 0 radical (unpaired) electrons. The largest absolute Gasteiger partial charge is 0.469 e. The molecule has 35 heavy (non-hydrogen) atoms. The van der Waals surface area contributed by atoms with E-state index in [-0.39, 0.29) is 18.3 Å². The van der Waals surface area contributed by atoms with Crippen molar-refractivity contribution in [3.05, 3.63) is 0 Å². The van der Waals surface area contributed by atoms with Gasteiger partial charge in [0.05, 0.1) is 119 Å². The van der Waals surface area contributed by atoms with E-state index in [4.69, 9.17) is 37.9 Å². The zero-order chi connectivity index (χ0) is 25.7. The number of ether oxygens (including phenoxy) is 9. The van der Waals surface area contributed by atoms with Crippen molar-refractivity contribution in [2.75, 3.05) is 119 Å². The summed E-state index contributed by atoms with van der Waals surface area (Å²) in [5, 5.41) is 2.74. The van der Waals surface area contributed by atoms with E-state index in [1.165, 1.54) is 7.11 Å². The average molecular weight is 512 g/mol. The van der Waals surface area contributed by atoms with Crippen molar-refractivity contribution in [2.45, 2.75) is 19.8 Å². The van der Waals surface area contributed by atoms with E-state index in [9.17, 15) is 9.59 Å². The number of carbonyl (C=O) groups is 2. The first-order valence-electron chi connectivity index (χ1n) is 12.2. The van der Waals surface area contributed by atoms with Crippen molar-refractivity contribution in [1.29, 1.82) is 0 Å². The lowest BCUT2D eigenvalue weighted by molar-refractivity contribution is -0.142. The molecule has 208 valence electrons. The summed E-state index contributed by atoms with van der Waals surface area (Å²) in [5.74, 6) is -0.261. The van der Waals surface area contributed by atoms with Crippen LogP contribution in [0, 0.1) is 0 Å². The fourth-order valence-corrected chi connectivity index (χ4v) is 2.29. The van der Waals surface area contributed by atoms with Gasteiger partial charge in [-0.2, -0.15) is 0 Å². The van der Waals surface area contributed by atoms with E-state index in [0.29, 0.717) is 119 Å². The Balaban J connectivity index is 3.05. The highest BCUT2D eigenvalue weighted by molar-refractivity contribution is 5.75. The maximum Gasteiger partial charge on any atom is 0.307 e. The number of methoxy groups -OCH3 is 1. The third kappa shape index (κ3) is 28.7. The molecule has 0 rings (SSSR count). The highest BCUT2D eigenvalue weighted by atomic mass is 16.6. The van der Waals surface area contributed by atoms with E-state index >= 15 is 0 Å². The van der Waals surface area contributed by atoms with Gasteiger partial charge >= 0.3 is 5.97 Å². The van der Waals surface area contributed by atoms with E-state index in [1.54, 1.807) is 0 Å². The molecule has 0 saturated carbocycles. The number of carbonyl (C=O) groups excluding carboxylic acids is 2. The van der Waals surface area contributed by atoms with Gasteiger partial charge in [0.2, 0.25) is 5.91 Å². The Labute approximate surface area is 209 Å². The van der Waals surface area contributed by atoms with Gasteiger partial charge in [-0.25, -0.2) is 0 Å². The van der Waals surface area contributed by atoms with E-state index in [0.717, 1.165) is 0 Å². The van der Waals surface area contributed by atoms with Crippen LogP contribution in [-0.4, -0.2) is 131 Å². The summed E-state index contributed by atoms with van der Waals surface area (Å²) in [7, 11) is 1.35. The zero-order valence-corrected chi connectivity index (χ0v) is 21.4. The van der Waals surface area contributed by atoms with Crippen LogP contribution in [0.2, 0.25) is 0 Å². The molecule has 0 saturated heterocycles. The van der Waals surface area contributed by atoms with Crippen LogP contribution < -0.4 is 5.32 Å². The standard InChI is InChI=1S/C23H45NO11/c1-3-22(25)24-5-7-29-9-11-31-13-15-33-17-19-35-21-20-34-18-16-32-14-12-30-10-8-28-6-4-23(26)27-2/h3-21H2,1-2H3,(H,24,25). The summed E-state index contributed by atoms with van der Waals surface area (Å²) in [6.07, 6.45) is 0.728. The van der Waals surface area contributed by atoms with Crippen molar-refractivity contribution in [3.63, 3.8) is 0 Å². The fourth-order valence-electron chi connectivity index (χ4n) is 2.29. The lowest BCUT2D eigenvalue weighted by Gasteiger charge is -2.09. The van der Waals surface area contributed by atoms with Crippen molar-refractivity contribution in [1.82, 2.24) is 5.32 Å². The molecule has 0 spiro atoms. The van der Waals surface area contributed by atoms with Crippen LogP contribution in [0.5, 0.6) is 0 Å². The normalized spacial score (nSPS) is 11.0. The Morgan fingerprint density at radius 3 is 1.14 bits per heavy atom. The predicted octanol–water partition coefficient (Wildman–Crippen LogP) is 0.209. The lowest BCUT2D eigenvalue weighted by Crippen LogP contribution is -2.26. The number of hydrogen-bond donors (Lipinski definition) is 1. The summed E-state index contributed by atoms with van der Waals surface area (Å²) in [6.45, 7) is 9.90. The second-order valence-electron chi connectivity index (χ2n) is 6.93. The molecule has 0 aliphatic carbocycles. The molecule has 1 amide bonds. The zero-order valence-electron chi connectivity index (χ0n) is 21.4. The molecule has 12 nitrogen and oxygen atoms in total. The number of hydrogen-bond acceptors (Lipinski definition) is 11. The van der Waals surface area contributed by atoms with Crippen LogP contribution in [0.25, 0.3) is 0 Å². The summed E-state index contributed by atoms with van der Waals surface area (Å²) < 4.78 is 47.5. The minimum Gasteiger partial charge on any atom is -0.469 e. The molecule has 1 N–H and O–H groups in total. The van der Waals surface area contributed by atoms with Crippen molar-refractivity contribution in [3.8, 4) is 0 Å². The number of esters is 1. The van der Waals surface area contributed by atoms with E-state index in [1.807, 2.05) is 6.92 Å². The van der Waals surface area contributed by atoms with Gasteiger partial charge in [0, 0.05) is 13.0 Å². The van der Waals surface area contributed by atoms with Crippen LogP contribution >= 0.6 is 0 Å². The number of amides is 1. The molecule has 0 aromatic carbocycles. The maximum atomic E-state index is 11.0. The Morgan fingerprint density at radius 2 is 0.829 bits per heavy atom. The highest BCUT2D eigenvalue weighted by Gasteiger charge is 1.99. The molecule has 0 bridgehead atoms. The number of nitrogens with one attached hydrogen (secondary N) is 1. The van der Waals surface area contributed by atoms with Gasteiger partial charge in [-0.15, -0.1) is 0 Å². The topological polar surface area (TPSA) is 129 Å². The van der Waals surface area contributed by atoms with Gasteiger partial charge in [-0.1, -0.05) is 6.92 Å². The minimum absolute atomic E-state index is 0.0247.